The standard InChI is InChI=1S/C16H18N4O8S/c1-18(17-14(22)13(21)10-5-3-2-4-6-10)15(23)12-8-7-11-9-19(12)16(24)20(11)28-29(25,26)27/h2-6,11-12H,7-9H2,1H3,(H,17,22)(H,25,26,27)/t11-,12+/m1/s1. The number of hydrazine groups is 1. The average molecular weight is 426 g/mol. The van der Waals surface area contributed by atoms with E-state index in [0.29, 0.717) is 5.06 Å². The normalized spacial score (nSPS) is 21.1. The number of piperidine rings is 1. The van der Waals surface area contributed by atoms with Gasteiger partial charge in [-0.2, -0.15) is 13.5 Å². The van der Waals surface area contributed by atoms with Gasteiger partial charge in [-0.3, -0.25) is 29.4 Å². The number of carbonyl (C=O) groups excluding carboxylic acids is 4. The summed E-state index contributed by atoms with van der Waals surface area (Å²) in [6.45, 7) is 0.00942. The van der Waals surface area contributed by atoms with Crippen LogP contribution in [0.15, 0.2) is 30.3 Å². The third-order valence-corrected chi connectivity index (χ3v) is 4.97. The molecule has 1 aromatic rings. The Morgan fingerprint density at radius 1 is 1.21 bits per heavy atom. The van der Waals surface area contributed by atoms with Crippen LogP contribution in [0.3, 0.4) is 0 Å². The predicted octanol–water partition coefficient (Wildman–Crippen LogP) is -0.638. The maximum Gasteiger partial charge on any atom is 0.418 e. The van der Waals surface area contributed by atoms with Crippen molar-refractivity contribution in [3.05, 3.63) is 35.9 Å². The quantitative estimate of drug-likeness (QED) is 0.273. The highest BCUT2D eigenvalue weighted by Crippen LogP contribution is 2.31. The van der Waals surface area contributed by atoms with Gasteiger partial charge in [-0.05, 0) is 12.8 Å². The largest absolute Gasteiger partial charge is 0.418 e. The molecule has 0 unspecified atom stereocenters. The number of rotatable bonds is 5. The number of urea groups is 1. The Labute approximate surface area is 165 Å². The molecule has 29 heavy (non-hydrogen) atoms. The Hall–Kier alpha value is -3.03. The fraction of sp³-hybridized carbons (Fsp3) is 0.375. The van der Waals surface area contributed by atoms with Crippen LogP contribution in [-0.4, -0.2) is 77.2 Å². The lowest BCUT2D eigenvalue weighted by molar-refractivity contribution is -0.142. The zero-order chi connectivity index (χ0) is 21.3. The van der Waals surface area contributed by atoms with Gasteiger partial charge in [0.25, 0.3) is 11.7 Å². The van der Waals surface area contributed by atoms with Gasteiger partial charge in [0.15, 0.2) is 0 Å². The van der Waals surface area contributed by atoms with Crippen LogP contribution in [0.25, 0.3) is 0 Å². The number of fused-ring (bicyclic) bond motifs is 2. The summed E-state index contributed by atoms with van der Waals surface area (Å²) >= 11 is 0. The van der Waals surface area contributed by atoms with Crippen molar-refractivity contribution in [1.82, 2.24) is 20.4 Å². The topological polar surface area (TPSA) is 154 Å². The van der Waals surface area contributed by atoms with Crippen molar-refractivity contribution in [3.8, 4) is 0 Å². The Bertz CT molecular complexity index is 951. The first-order valence-electron chi connectivity index (χ1n) is 8.53. The number of nitrogens with one attached hydrogen (secondary N) is 1. The first-order chi connectivity index (χ1) is 13.6. The highest BCUT2D eigenvalue weighted by atomic mass is 32.3. The van der Waals surface area contributed by atoms with E-state index in [1.165, 1.54) is 19.2 Å². The smallest absolute Gasteiger partial charge is 0.309 e. The van der Waals surface area contributed by atoms with Crippen LogP contribution in [0, 0.1) is 0 Å². The molecule has 0 aromatic heterocycles. The summed E-state index contributed by atoms with van der Waals surface area (Å²) in [4.78, 5) is 50.4. The fourth-order valence-electron chi connectivity index (χ4n) is 3.29. The minimum atomic E-state index is -4.90. The Morgan fingerprint density at radius 2 is 1.86 bits per heavy atom. The molecule has 0 saturated carbocycles. The van der Waals surface area contributed by atoms with Crippen molar-refractivity contribution < 1.29 is 36.4 Å². The first kappa shape index (κ1) is 20.7. The number of carbonyl (C=O) groups is 4. The number of amides is 4. The Morgan fingerprint density at radius 3 is 2.48 bits per heavy atom. The lowest BCUT2D eigenvalue weighted by atomic mass is 10.0. The number of hydroxylamine groups is 2. The third-order valence-electron chi connectivity index (χ3n) is 4.62. The molecule has 0 aliphatic carbocycles. The minimum absolute atomic E-state index is 0.00942. The van der Waals surface area contributed by atoms with Crippen molar-refractivity contribution in [1.29, 1.82) is 0 Å². The summed E-state index contributed by atoms with van der Waals surface area (Å²) in [6, 6.07) is 5.24. The van der Waals surface area contributed by atoms with Crippen molar-refractivity contribution in [3.63, 3.8) is 0 Å². The van der Waals surface area contributed by atoms with Gasteiger partial charge in [-0.15, -0.1) is 4.28 Å². The third kappa shape index (κ3) is 4.36. The van der Waals surface area contributed by atoms with Gasteiger partial charge in [-0.25, -0.2) is 4.79 Å². The SMILES string of the molecule is CN(NC(=O)C(=O)c1ccccc1)C(=O)[C@@H]1CC[C@@H]2CN1C(=O)N2OS(=O)(=O)O. The molecule has 2 fully saturated rings. The second-order valence-corrected chi connectivity index (χ2v) is 7.55. The number of benzene rings is 1. The molecule has 2 N–H and O–H groups in total. The molecule has 2 atom stereocenters. The minimum Gasteiger partial charge on any atom is -0.309 e. The molecule has 0 spiro atoms. The van der Waals surface area contributed by atoms with E-state index in [1.807, 2.05) is 0 Å². The van der Waals surface area contributed by atoms with Gasteiger partial charge in [0.1, 0.15) is 6.04 Å². The molecule has 2 heterocycles. The van der Waals surface area contributed by atoms with Gasteiger partial charge in [0.2, 0.25) is 0 Å². The zero-order valence-corrected chi connectivity index (χ0v) is 16.0. The Kier molecular flexibility index (Phi) is 5.55. The lowest BCUT2D eigenvalue weighted by Crippen LogP contribution is -2.55. The molecule has 4 amide bonds. The lowest BCUT2D eigenvalue weighted by Gasteiger charge is -2.32. The number of hydrogen-bond donors (Lipinski definition) is 2. The number of hydrogen-bond acceptors (Lipinski definition) is 7. The molecule has 12 nitrogen and oxygen atoms in total. The summed E-state index contributed by atoms with van der Waals surface area (Å²) in [6.07, 6.45) is 0.409. The van der Waals surface area contributed by atoms with E-state index < -0.39 is 46.1 Å². The summed E-state index contributed by atoms with van der Waals surface area (Å²) < 4.78 is 34.9. The monoisotopic (exact) mass is 426 g/mol. The number of ketones is 1. The summed E-state index contributed by atoms with van der Waals surface area (Å²) in [5, 5.41) is 1.33. The molecule has 0 radical (unpaired) electrons. The van der Waals surface area contributed by atoms with Gasteiger partial charge in [-0.1, -0.05) is 30.3 Å². The molecular formula is C16H18N4O8S. The van der Waals surface area contributed by atoms with Crippen LogP contribution in [0.1, 0.15) is 23.2 Å². The molecule has 2 bridgehead atoms. The van der Waals surface area contributed by atoms with Gasteiger partial charge >= 0.3 is 22.3 Å². The Balaban J connectivity index is 1.65. The van der Waals surface area contributed by atoms with Crippen LogP contribution < -0.4 is 5.43 Å². The number of likely N-dealkylation sites (N-methyl/N-ethyl adjacent to an activating group) is 1. The summed E-state index contributed by atoms with van der Waals surface area (Å²) in [5.74, 6) is -2.52. The second kappa shape index (κ2) is 7.77. The van der Waals surface area contributed by atoms with Crippen LogP contribution in [0.4, 0.5) is 4.79 Å². The summed E-state index contributed by atoms with van der Waals surface area (Å²) in [7, 11) is -3.66. The molecular weight excluding hydrogens is 408 g/mol. The summed E-state index contributed by atoms with van der Waals surface area (Å²) in [5.41, 5.74) is 2.33. The highest BCUT2D eigenvalue weighted by molar-refractivity contribution is 7.80. The molecule has 3 rings (SSSR count). The number of Topliss-reactive ketones (excluding diaryl/α,β-unsaturated/α-hetero) is 1. The van der Waals surface area contributed by atoms with Crippen LogP contribution in [-0.2, 0) is 24.3 Å². The molecule has 2 aliphatic rings. The van der Waals surface area contributed by atoms with Crippen molar-refractivity contribution in [2.24, 2.45) is 0 Å². The van der Waals surface area contributed by atoms with Crippen molar-refractivity contribution in [2.45, 2.75) is 24.9 Å². The zero-order valence-electron chi connectivity index (χ0n) is 15.2. The average Bonchev–Trinajstić information content (AvgIpc) is 2.91. The van der Waals surface area contributed by atoms with Gasteiger partial charge in [0, 0.05) is 19.2 Å². The highest BCUT2D eigenvalue weighted by Gasteiger charge is 2.50. The van der Waals surface area contributed by atoms with Gasteiger partial charge < -0.3 is 4.90 Å². The molecule has 1 aromatic carbocycles. The van der Waals surface area contributed by atoms with Crippen LogP contribution in [0.2, 0.25) is 0 Å². The molecule has 2 aliphatic heterocycles. The molecule has 156 valence electrons. The van der Waals surface area contributed by atoms with Crippen LogP contribution in [0.5, 0.6) is 0 Å². The van der Waals surface area contributed by atoms with Gasteiger partial charge in [0.05, 0.1) is 6.04 Å². The maximum absolute atomic E-state index is 12.7. The first-order valence-corrected chi connectivity index (χ1v) is 9.90. The van der Waals surface area contributed by atoms with E-state index in [2.05, 4.69) is 9.71 Å². The van der Waals surface area contributed by atoms with Crippen LogP contribution >= 0.6 is 0 Å². The van der Waals surface area contributed by atoms with E-state index >= 15 is 0 Å². The van der Waals surface area contributed by atoms with Crippen molar-refractivity contribution in [2.75, 3.05) is 13.6 Å². The fourth-order valence-corrected chi connectivity index (χ4v) is 3.68. The van der Waals surface area contributed by atoms with E-state index in [4.69, 9.17) is 4.55 Å². The van der Waals surface area contributed by atoms with E-state index in [1.54, 1.807) is 18.2 Å². The van der Waals surface area contributed by atoms with E-state index in [9.17, 15) is 27.6 Å². The maximum atomic E-state index is 12.7. The van der Waals surface area contributed by atoms with E-state index in [0.717, 1.165) is 9.91 Å². The number of nitrogens with zero attached hydrogens (tertiary/aromatic N) is 3. The molecule has 13 heteroatoms. The van der Waals surface area contributed by atoms with E-state index in [-0.39, 0.29) is 24.9 Å². The van der Waals surface area contributed by atoms with Crippen molar-refractivity contribution >= 4 is 34.0 Å². The predicted molar refractivity (Wildman–Crippen MR) is 95.1 cm³/mol. The molecule has 2 saturated heterocycles. The second-order valence-electron chi connectivity index (χ2n) is 6.54.